The highest BCUT2D eigenvalue weighted by atomic mass is 16.6. The molecular weight excluding hydrogens is 464 g/mol. The van der Waals surface area contributed by atoms with Gasteiger partial charge in [-0.1, -0.05) is 26.0 Å². The van der Waals surface area contributed by atoms with Crippen molar-refractivity contribution in [2.45, 2.75) is 63.8 Å². The highest BCUT2D eigenvalue weighted by Gasteiger charge is 2.70. The summed E-state index contributed by atoms with van der Waals surface area (Å²) in [5.74, 6) is -0.428. The fourth-order valence-corrected chi connectivity index (χ4v) is 7.00. The summed E-state index contributed by atoms with van der Waals surface area (Å²) in [4.78, 5) is 33.2. The minimum atomic E-state index is -0.708. The van der Waals surface area contributed by atoms with Crippen LogP contribution in [0.1, 0.15) is 40.0 Å². The lowest BCUT2D eigenvalue weighted by Crippen LogP contribution is -2.67. The highest BCUT2D eigenvalue weighted by molar-refractivity contribution is 6.04. The largest absolute Gasteiger partial charge is 0.458 e. The van der Waals surface area contributed by atoms with Crippen molar-refractivity contribution in [3.05, 3.63) is 23.8 Å². The molecule has 5 aliphatic rings. The summed E-state index contributed by atoms with van der Waals surface area (Å²) in [6, 6.07) is -0.759. The fraction of sp³-hybridized carbons (Fsp3) is 0.692. The third kappa shape index (κ3) is 4.04. The van der Waals surface area contributed by atoms with Crippen molar-refractivity contribution >= 4 is 24.1 Å². The summed E-state index contributed by atoms with van der Waals surface area (Å²) in [6.45, 7) is 7.06. The summed E-state index contributed by atoms with van der Waals surface area (Å²) in [7, 11) is 0. The molecule has 196 valence electrons. The van der Waals surface area contributed by atoms with Crippen molar-refractivity contribution < 1.29 is 29.3 Å². The number of nitrogens with zero attached hydrogens (tertiary/aromatic N) is 2. The lowest BCUT2D eigenvalue weighted by atomic mass is 9.44. The molecule has 36 heavy (non-hydrogen) atoms. The number of carbonyl (C=O) groups excluding carboxylic acids is 2. The van der Waals surface area contributed by atoms with Crippen molar-refractivity contribution in [1.82, 2.24) is 10.6 Å². The number of ether oxygens (including phenoxy) is 2. The van der Waals surface area contributed by atoms with Gasteiger partial charge in [0.2, 0.25) is 11.9 Å². The number of aliphatic imine (C=N–C) groups is 2. The number of aliphatic hydroxyl groups is 2. The van der Waals surface area contributed by atoms with Crippen LogP contribution in [0.4, 0.5) is 0 Å². The van der Waals surface area contributed by atoms with Crippen molar-refractivity contribution in [1.29, 1.82) is 0 Å². The average molecular weight is 501 g/mol. The van der Waals surface area contributed by atoms with E-state index in [1.807, 2.05) is 13.0 Å². The molecular formula is C26H36N4O6. The molecule has 3 fully saturated rings. The van der Waals surface area contributed by atoms with Gasteiger partial charge in [-0.2, -0.15) is 0 Å². The molecule has 3 heterocycles. The molecule has 0 aromatic carbocycles. The Balaban J connectivity index is 1.46. The lowest BCUT2D eigenvalue weighted by molar-refractivity contribution is -0.174. The quantitative estimate of drug-likeness (QED) is 0.307. The summed E-state index contributed by atoms with van der Waals surface area (Å²) in [5, 5.41) is 27.7. The molecule has 1 saturated heterocycles. The number of amides is 1. The summed E-state index contributed by atoms with van der Waals surface area (Å²) >= 11 is 0. The number of hydrogen-bond acceptors (Lipinski definition) is 9. The van der Waals surface area contributed by atoms with Gasteiger partial charge in [0, 0.05) is 23.6 Å². The Hall–Kier alpha value is -2.40. The number of aliphatic hydroxyl groups excluding tert-OH is 2. The van der Waals surface area contributed by atoms with Crippen LogP contribution in [-0.4, -0.2) is 84.4 Å². The Labute approximate surface area is 210 Å². The molecule has 1 amide bonds. The summed E-state index contributed by atoms with van der Waals surface area (Å²) in [5.41, 5.74) is -1.03. The second kappa shape index (κ2) is 9.16. The third-order valence-corrected chi connectivity index (χ3v) is 9.26. The van der Waals surface area contributed by atoms with Crippen LogP contribution in [0.2, 0.25) is 0 Å². The first kappa shape index (κ1) is 25.3. The Bertz CT molecular complexity index is 1050. The molecule has 4 N–H and O–H groups in total. The summed E-state index contributed by atoms with van der Waals surface area (Å²) < 4.78 is 11.3. The first-order valence-corrected chi connectivity index (χ1v) is 12.8. The van der Waals surface area contributed by atoms with E-state index in [1.54, 1.807) is 19.2 Å². The van der Waals surface area contributed by atoms with E-state index in [4.69, 9.17) is 9.47 Å². The van der Waals surface area contributed by atoms with Crippen LogP contribution in [0, 0.1) is 22.7 Å². The van der Waals surface area contributed by atoms with E-state index in [0.29, 0.717) is 37.5 Å². The maximum Gasteiger partial charge on any atom is 0.338 e. The number of epoxide rings is 1. The molecule has 10 nitrogen and oxygen atoms in total. The van der Waals surface area contributed by atoms with Crippen molar-refractivity contribution in [3.63, 3.8) is 0 Å². The first-order chi connectivity index (χ1) is 17.1. The van der Waals surface area contributed by atoms with Crippen molar-refractivity contribution in [3.8, 4) is 0 Å². The molecule has 2 saturated carbocycles. The second-order valence-corrected chi connectivity index (χ2v) is 11.3. The zero-order valence-corrected chi connectivity index (χ0v) is 21.1. The van der Waals surface area contributed by atoms with Gasteiger partial charge in [-0.05, 0) is 43.6 Å². The van der Waals surface area contributed by atoms with E-state index in [9.17, 15) is 19.8 Å². The van der Waals surface area contributed by atoms with Crippen LogP contribution in [0.15, 0.2) is 33.8 Å². The number of nitrogens with one attached hydrogen (secondary N) is 2. The van der Waals surface area contributed by atoms with Gasteiger partial charge >= 0.3 is 5.97 Å². The van der Waals surface area contributed by atoms with E-state index < -0.39 is 23.2 Å². The Kier molecular flexibility index (Phi) is 6.43. The van der Waals surface area contributed by atoms with Gasteiger partial charge in [-0.15, -0.1) is 0 Å². The zero-order chi connectivity index (χ0) is 25.7. The number of esters is 1. The van der Waals surface area contributed by atoms with Gasteiger partial charge < -0.3 is 25.0 Å². The molecule has 3 aliphatic heterocycles. The first-order valence-electron chi connectivity index (χ1n) is 12.8. The molecule has 5 rings (SSSR count). The minimum absolute atomic E-state index is 0.0516. The number of rotatable bonds is 6. The number of hydrogen-bond donors (Lipinski definition) is 4. The van der Waals surface area contributed by atoms with E-state index in [0.717, 1.165) is 6.42 Å². The molecule has 10 heteroatoms. The SMILES string of the molecule is CC(NC1CC2[C@](C)(CC[C@H](O)[C@@]2(C)CO)C(/C=C/C2=CCOC2=O)C12CO2)C(=O)NC1=NCC=N1. The average Bonchev–Trinajstić information content (AvgIpc) is 3.25. The third-order valence-electron chi connectivity index (χ3n) is 9.26. The lowest BCUT2D eigenvalue weighted by Gasteiger charge is -2.62. The van der Waals surface area contributed by atoms with Crippen LogP contribution in [0.3, 0.4) is 0 Å². The Morgan fingerprint density at radius 1 is 1.39 bits per heavy atom. The topological polar surface area (TPSA) is 145 Å². The zero-order valence-electron chi connectivity index (χ0n) is 21.1. The molecule has 0 bridgehead atoms. The van der Waals surface area contributed by atoms with Gasteiger partial charge in [0.1, 0.15) is 12.2 Å². The molecule has 8 atom stereocenters. The predicted molar refractivity (Wildman–Crippen MR) is 132 cm³/mol. The summed E-state index contributed by atoms with van der Waals surface area (Å²) in [6.07, 6.45) is 8.62. The number of fused-ring (bicyclic) bond motifs is 1. The molecule has 2 aliphatic carbocycles. The fourth-order valence-electron chi connectivity index (χ4n) is 7.00. The number of guanidine groups is 1. The van der Waals surface area contributed by atoms with Gasteiger partial charge in [0.05, 0.1) is 37.5 Å². The molecule has 0 radical (unpaired) electrons. The van der Waals surface area contributed by atoms with E-state index in [-0.39, 0.29) is 48.4 Å². The van der Waals surface area contributed by atoms with Crippen LogP contribution >= 0.6 is 0 Å². The molecule has 5 unspecified atom stereocenters. The standard InChI is InChI=1S/C26H36N4O6/c1-15(21(33)30-23-27-9-10-28-23)29-19-12-18-24(2,8-6-20(32)25(18,3)13-31)17(26(19)14-36-26)5-4-16-7-11-35-22(16)34/h4-5,7,9,15,17-20,29,31-32H,6,8,10-14H2,1-3H3,(H,28,30,33)/b5-4+/t15?,17?,18?,19?,20-,24+,25-,26?/m0/s1. The minimum Gasteiger partial charge on any atom is -0.458 e. The van der Waals surface area contributed by atoms with Crippen molar-refractivity contribution in [2.24, 2.45) is 32.7 Å². The second-order valence-electron chi connectivity index (χ2n) is 11.3. The van der Waals surface area contributed by atoms with E-state index >= 15 is 0 Å². The highest BCUT2D eigenvalue weighted by Crippen LogP contribution is 2.65. The van der Waals surface area contributed by atoms with Gasteiger partial charge in [-0.3, -0.25) is 10.1 Å². The van der Waals surface area contributed by atoms with Gasteiger partial charge in [-0.25, -0.2) is 14.8 Å². The Morgan fingerprint density at radius 2 is 2.17 bits per heavy atom. The van der Waals surface area contributed by atoms with Crippen LogP contribution in [0.5, 0.6) is 0 Å². The Morgan fingerprint density at radius 3 is 2.78 bits per heavy atom. The van der Waals surface area contributed by atoms with Crippen LogP contribution in [-0.2, 0) is 19.1 Å². The van der Waals surface area contributed by atoms with Gasteiger partial charge in [0.25, 0.3) is 0 Å². The normalized spacial score (nSPS) is 42.2. The maximum absolute atomic E-state index is 12.9. The number of carbonyl (C=O) groups is 2. The molecule has 0 aromatic heterocycles. The predicted octanol–water partition coefficient (Wildman–Crippen LogP) is 0.494. The van der Waals surface area contributed by atoms with Gasteiger partial charge in [0.15, 0.2) is 0 Å². The van der Waals surface area contributed by atoms with E-state index in [2.05, 4.69) is 33.6 Å². The molecule has 0 aromatic rings. The van der Waals surface area contributed by atoms with Crippen LogP contribution in [0.25, 0.3) is 0 Å². The maximum atomic E-state index is 12.9. The van der Waals surface area contributed by atoms with Crippen LogP contribution < -0.4 is 10.6 Å². The monoisotopic (exact) mass is 500 g/mol. The van der Waals surface area contributed by atoms with Crippen molar-refractivity contribution in [2.75, 3.05) is 26.4 Å². The molecule has 1 spiro atoms. The number of cyclic esters (lactones) is 1. The van der Waals surface area contributed by atoms with E-state index in [1.165, 1.54) is 0 Å². The smallest absolute Gasteiger partial charge is 0.338 e.